The second-order valence-electron chi connectivity index (χ2n) is 9.83. The van der Waals surface area contributed by atoms with Crippen LogP contribution < -0.4 is 10.6 Å². The minimum atomic E-state index is 0.497. The van der Waals surface area contributed by atoms with Gasteiger partial charge in [0, 0.05) is 59.9 Å². The molecule has 0 spiro atoms. The molecule has 3 aromatic heterocycles. The van der Waals surface area contributed by atoms with Gasteiger partial charge in [-0.3, -0.25) is 14.9 Å². The van der Waals surface area contributed by atoms with E-state index < -0.39 is 0 Å². The maximum Gasteiger partial charge on any atom is 0.103 e. The van der Waals surface area contributed by atoms with Crippen molar-refractivity contribution in [3.63, 3.8) is 0 Å². The molecular formula is C31H35N7O. The van der Waals surface area contributed by atoms with Gasteiger partial charge in [0.2, 0.25) is 0 Å². The second kappa shape index (κ2) is 12.7. The maximum atomic E-state index is 9.85. The molecule has 0 unspecified atom stereocenters. The lowest BCUT2D eigenvalue weighted by molar-refractivity contribution is 0.0374. The molecule has 0 radical (unpaired) electrons. The molecule has 0 aliphatic carbocycles. The van der Waals surface area contributed by atoms with Crippen molar-refractivity contribution >= 4 is 34.4 Å². The number of ether oxygens (including phenoxy) is 1. The number of hydrogen-bond donors (Lipinski definition) is 3. The Morgan fingerprint density at radius 2 is 2.00 bits per heavy atom. The summed E-state index contributed by atoms with van der Waals surface area (Å²) in [5.41, 5.74) is 7.98. The van der Waals surface area contributed by atoms with Gasteiger partial charge in [-0.2, -0.15) is 5.26 Å². The Kier molecular flexibility index (Phi) is 8.64. The van der Waals surface area contributed by atoms with Crippen LogP contribution in [-0.4, -0.2) is 59.2 Å². The van der Waals surface area contributed by atoms with Crippen LogP contribution in [0.1, 0.15) is 40.2 Å². The van der Waals surface area contributed by atoms with E-state index >= 15 is 0 Å². The van der Waals surface area contributed by atoms with Crippen LogP contribution in [0.2, 0.25) is 0 Å². The number of rotatable bonds is 10. The minimum Gasteiger partial charge on any atom is -0.379 e. The molecule has 0 amide bonds. The van der Waals surface area contributed by atoms with Gasteiger partial charge in [0.1, 0.15) is 6.07 Å². The van der Waals surface area contributed by atoms with Crippen molar-refractivity contribution in [2.24, 2.45) is 0 Å². The highest BCUT2D eigenvalue weighted by atomic mass is 16.5. The number of anilines is 2. The van der Waals surface area contributed by atoms with Crippen molar-refractivity contribution < 1.29 is 4.74 Å². The van der Waals surface area contributed by atoms with Gasteiger partial charge in [-0.15, -0.1) is 0 Å². The van der Waals surface area contributed by atoms with Crippen molar-refractivity contribution in [3.8, 4) is 6.07 Å². The molecule has 0 saturated carbocycles. The van der Waals surface area contributed by atoms with Gasteiger partial charge in [-0.1, -0.05) is 6.07 Å². The molecule has 200 valence electrons. The van der Waals surface area contributed by atoms with E-state index in [0.29, 0.717) is 5.56 Å². The number of H-pyrrole nitrogens is 1. The highest BCUT2D eigenvalue weighted by Crippen LogP contribution is 2.32. The van der Waals surface area contributed by atoms with Crippen molar-refractivity contribution in [1.29, 1.82) is 5.26 Å². The Morgan fingerprint density at radius 3 is 2.85 bits per heavy atom. The molecule has 1 aromatic carbocycles. The molecule has 0 bridgehead atoms. The van der Waals surface area contributed by atoms with E-state index in [2.05, 4.69) is 44.6 Å². The third kappa shape index (κ3) is 6.52. The van der Waals surface area contributed by atoms with Crippen LogP contribution in [-0.2, 0) is 11.3 Å². The SMILES string of the molecule is Cc1ncc(C#N)c(Nc2ccc3[nH]ccc3c2C)c1/C=C/c1cccc(CNCCCN2CCOCC2)n1. The molecule has 0 atom stereocenters. The summed E-state index contributed by atoms with van der Waals surface area (Å²) in [6.45, 7) is 10.6. The lowest BCUT2D eigenvalue weighted by atomic mass is 10.0. The van der Waals surface area contributed by atoms with E-state index in [4.69, 9.17) is 9.72 Å². The molecule has 1 aliphatic heterocycles. The number of nitrogens with one attached hydrogen (secondary N) is 3. The fourth-order valence-corrected chi connectivity index (χ4v) is 4.93. The highest BCUT2D eigenvalue weighted by Gasteiger charge is 2.14. The van der Waals surface area contributed by atoms with Gasteiger partial charge in [-0.05, 0) is 81.4 Å². The number of morpholine rings is 1. The summed E-state index contributed by atoms with van der Waals surface area (Å²) >= 11 is 0. The largest absolute Gasteiger partial charge is 0.379 e. The summed E-state index contributed by atoms with van der Waals surface area (Å²) in [5, 5.41) is 18.0. The Bertz CT molecular complexity index is 1490. The predicted octanol–water partition coefficient (Wildman–Crippen LogP) is 5.17. The average Bonchev–Trinajstić information content (AvgIpc) is 3.45. The Balaban J connectivity index is 1.28. The van der Waals surface area contributed by atoms with E-state index in [1.807, 2.05) is 55.6 Å². The molecule has 4 heterocycles. The summed E-state index contributed by atoms with van der Waals surface area (Å²) in [4.78, 5) is 15.0. The molecule has 39 heavy (non-hydrogen) atoms. The topological polar surface area (TPSA) is 102 Å². The zero-order valence-electron chi connectivity index (χ0n) is 22.6. The number of nitrogens with zero attached hydrogens (tertiary/aromatic N) is 4. The number of aromatic nitrogens is 3. The van der Waals surface area contributed by atoms with Crippen LogP contribution in [0.3, 0.4) is 0 Å². The van der Waals surface area contributed by atoms with Crippen molar-refractivity contribution in [2.75, 3.05) is 44.7 Å². The lowest BCUT2D eigenvalue weighted by Gasteiger charge is -2.26. The van der Waals surface area contributed by atoms with E-state index in [1.54, 1.807) is 6.20 Å². The first-order chi connectivity index (χ1) is 19.1. The number of pyridine rings is 2. The van der Waals surface area contributed by atoms with E-state index in [-0.39, 0.29) is 0 Å². The molecule has 1 aliphatic rings. The van der Waals surface area contributed by atoms with E-state index in [9.17, 15) is 5.26 Å². The molecule has 8 nitrogen and oxygen atoms in total. The fourth-order valence-electron chi connectivity index (χ4n) is 4.93. The Morgan fingerprint density at radius 1 is 1.13 bits per heavy atom. The van der Waals surface area contributed by atoms with Gasteiger partial charge in [0.15, 0.2) is 0 Å². The smallest absolute Gasteiger partial charge is 0.103 e. The second-order valence-corrected chi connectivity index (χ2v) is 9.83. The van der Waals surface area contributed by atoms with Crippen LogP contribution in [0, 0.1) is 25.2 Å². The van der Waals surface area contributed by atoms with Crippen molar-refractivity contribution in [3.05, 3.63) is 82.6 Å². The van der Waals surface area contributed by atoms with E-state index in [0.717, 1.165) is 103 Å². The summed E-state index contributed by atoms with van der Waals surface area (Å²) in [7, 11) is 0. The van der Waals surface area contributed by atoms with Gasteiger partial charge in [0.05, 0.1) is 35.9 Å². The summed E-state index contributed by atoms with van der Waals surface area (Å²) < 4.78 is 5.42. The fraction of sp³-hybridized carbons (Fsp3) is 0.323. The first-order valence-electron chi connectivity index (χ1n) is 13.5. The predicted molar refractivity (Wildman–Crippen MR) is 157 cm³/mol. The average molecular weight is 522 g/mol. The molecular weight excluding hydrogens is 486 g/mol. The zero-order chi connectivity index (χ0) is 27.0. The monoisotopic (exact) mass is 521 g/mol. The number of nitriles is 1. The van der Waals surface area contributed by atoms with Crippen LogP contribution >= 0.6 is 0 Å². The number of aryl methyl sites for hydroxylation is 2. The molecule has 1 saturated heterocycles. The number of benzene rings is 1. The highest BCUT2D eigenvalue weighted by molar-refractivity contribution is 5.90. The zero-order valence-corrected chi connectivity index (χ0v) is 22.6. The van der Waals surface area contributed by atoms with Gasteiger partial charge >= 0.3 is 0 Å². The molecule has 5 rings (SSSR count). The molecule has 4 aromatic rings. The molecule has 3 N–H and O–H groups in total. The normalized spacial score (nSPS) is 14.2. The summed E-state index contributed by atoms with van der Waals surface area (Å²) in [6, 6.07) is 14.5. The first kappa shape index (κ1) is 26.6. The Hall–Kier alpha value is -4.03. The summed E-state index contributed by atoms with van der Waals surface area (Å²) in [5.74, 6) is 0. The van der Waals surface area contributed by atoms with E-state index in [1.165, 1.54) is 0 Å². The van der Waals surface area contributed by atoms with Crippen molar-refractivity contribution in [1.82, 2.24) is 25.2 Å². The van der Waals surface area contributed by atoms with Crippen molar-refractivity contribution in [2.45, 2.75) is 26.8 Å². The van der Waals surface area contributed by atoms with Crippen LogP contribution in [0.4, 0.5) is 11.4 Å². The van der Waals surface area contributed by atoms with Gasteiger partial charge in [0.25, 0.3) is 0 Å². The maximum absolute atomic E-state index is 9.85. The Labute approximate surface area is 229 Å². The van der Waals surface area contributed by atoms with Gasteiger partial charge < -0.3 is 20.4 Å². The number of fused-ring (bicyclic) bond motifs is 1. The van der Waals surface area contributed by atoms with Crippen LogP contribution in [0.25, 0.3) is 23.1 Å². The molecule has 8 heteroatoms. The standard InChI is InChI=1S/C31H35N7O/c1-22-27-11-13-34-30(27)10-9-29(22)37-31-24(19-32)20-35-23(2)28(31)8-7-25-5-3-6-26(36-25)21-33-12-4-14-38-15-17-39-18-16-38/h3,5-11,13,20,33-34H,4,12,14-18,21H2,1-2H3,(H,35,37)/b8-7+. The van der Waals surface area contributed by atoms with Crippen LogP contribution in [0.15, 0.2) is 48.8 Å². The summed E-state index contributed by atoms with van der Waals surface area (Å²) in [6.07, 6.45) is 8.66. The lowest BCUT2D eigenvalue weighted by Crippen LogP contribution is -2.37. The molecule has 1 fully saturated rings. The van der Waals surface area contributed by atoms with Crippen LogP contribution in [0.5, 0.6) is 0 Å². The third-order valence-corrected chi connectivity index (χ3v) is 7.19. The van der Waals surface area contributed by atoms with Gasteiger partial charge in [-0.25, -0.2) is 0 Å². The third-order valence-electron chi connectivity index (χ3n) is 7.19. The quantitative estimate of drug-likeness (QED) is 0.247. The first-order valence-corrected chi connectivity index (χ1v) is 13.5. The minimum absolute atomic E-state index is 0.497. The number of aromatic amines is 1. The number of hydrogen-bond acceptors (Lipinski definition) is 7.